The van der Waals surface area contributed by atoms with Crippen molar-refractivity contribution < 1.29 is 4.42 Å². The molecule has 1 fully saturated rings. The highest BCUT2D eigenvalue weighted by Gasteiger charge is 2.37. The van der Waals surface area contributed by atoms with E-state index in [1.807, 2.05) is 12.3 Å². The number of nitrogens with two attached hydrogens (primary N) is 1. The van der Waals surface area contributed by atoms with Crippen LogP contribution in [0.15, 0.2) is 23.0 Å². The molecule has 1 saturated carbocycles. The van der Waals surface area contributed by atoms with Crippen molar-refractivity contribution >= 4 is 0 Å². The van der Waals surface area contributed by atoms with Crippen LogP contribution in [0, 0.1) is 0 Å². The van der Waals surface area contributed by atoms with Gasteiger partial charge < -0.3 is 10.2 Å². The van der Waals surface area contributed by atoms with Crippen LogP contribution in [0.4, 0.5) is 0 Å². The second-order valence-corrected chi connectivity index (χ2v) is 3.35. The SMILES string of the molecule is NCC1(c2ccoc2)CCC1. The van der Waals surface area contributed by atoms with Crippen molar-refractivity contribution in [1.29, 1.82) is 0 Å². The van der Waals surface area contributed by atoms with Crippen LogP contribution < -0.4 is 5.73 Å². The summed E-state index contributed by atoms with van der Waals surface area (Å²) in [4.78, 5) is 0. The van der Waals surface area contributed by atoms with Crippen molar-refractivity contribution in [3.8, 4) is 0 Å². The average Bonchev–Trinajstić information content (AvgIpc) is 2.39. The van der Waals surface area contributed by atoms with E-state index in [0.717, 1.165) is 6.54 Å². The first-order valence-corrected chi connectivity index (χ1v) is 4.10. The van der Waals surface area contributed by atoms with Crippen molar-refractivity contribution in [3.63, 3.8) is 0 Å². The molecule has 0 saturated heterocycles. The zero-order valence-corrected chi connectivity index (χ0v) is 6.55. The first-order chi connectivity index (χ1) is 5.37. The Labute approximate surface area is 66.4 Å². The van der Waals surface area contributed by atoms with E-state index in [0.29, 0.717) is 0 Å². The van der Waals surface area contributed by atoms with Crippen LogP contribution in [0.1, 0.15) is 24.8 Å². The Morgan fingerprint density at radius 2 is 2.36 bits per heavy atom. The molecule has 0 unspecified atom stereocenters. The lowest BCUT2D eigenvalue weighted by Crippen LogP contribution is -2.41. The van der Waals surface area contributed by atoms with E-state index < -0.39 is 0 Å². The summed E-state index contributed by atoms with van der Waals surface area (Å²) >= 11 is 0. The molecule has 1 aliphatic carbocycles. The first kappa shape index (κ1) is 6.92. The Morgan fingerprint density at radius 3 is 2.73 bits per heavy atom. The molecule has 2 rings (SSSR count). The Hall–Kier alpha value is -0.760. The summed E-state index contributed by atoms with van der Waals surface area (Å²) in [5.74, 6) is 0. The summed E-state index contributed by atoms with van der Waals surface area (Å²) in [6.45, 7) is 0.756. The van der Waals surface area contributed by atoms with E-state index in [1.54, 1.807) is 6.26 Å². The second-order valence-electron chi connectivity index (χ2n) is 3.35. The number of hydrogen-bond donors (Lipinski definition) is 1. The maximum Gasteiger partial charge on any atom is 0.0940 e. The normalized spacial score (nSPS) is 21.2. The van der Waals surface area contributed by atoms with Crippen LogP contribution in [0.25, 0.3) is 0 Å². The van der Waals surface area contributed by atoms with E-state index in [-0.39, 0.29) is 5.41 Å². The van der Waals surface area contributed by atoms with Crippen LogP contribution in [-0.2, 0) is 5.41 Å². The van der Waals surface area contributed by atoms with E-state index >= 15 is 0 Å². The van der Waals surface area contributed by atoms with Crippen LogP contribution >= 0.6 is 0 Å². The summed E-state index contributed by atoms with van der Waals surface area (Å²) in [7, 11) is 0. The molecule has 2 nitrogen and oxygen atoms in total. The summed E-state index contributed by atoms with van der Waals surface area (Å²) in [5, 5.41) is 0. The first-order valence-electron chi connectivity index (χ1n) is 4.10. The van der Waals surface area contributed by atoms with Gasteiger partial charge in [0.25, 0.3) is 0 Å². The number of hydrogen-bond acceptors (Lipinski definition) is 2. The van der Waals surface area contributed by atoms with Crippen molar-refractivity contribution in [2.45, 2.75) is 24.7 Å². The quantitative estimate of drug-likeness (QED) is 0.698. The van der Waals surface area contributed by atoms with E-state index in [2.05, 4.69) is 0 Å². The van der Waals surface area contributed by atoms with Crippen molar-refractivity contribution in [2.24, 2.45) is 5.73 Å². The molecule has 1 aliphatic rings. The lowest BCUT2D eigenvalue weighted by molar-refractivity contribution is 0.251. The zero-order chi connectivity index (χ0) is 7.73. The molecule has 1 aromatic rings. The van der Waals surface area contributed by atoms with Gasteiger partial charge in [-0.2, -0.15) is 0 Å². The molecule has 0 amide bonds. The lowest BCUT2D eigenvalue weighted by Gasteiger charge is -2.40. The smallest absolute Gasteiger partial charge is 0.0940 e. The molecule has 0 radical (unpaired) electrons. The monoisotopic (exact) mass is 151 g/mol. The van der Waals surface area contributed by atoms with E-state index in [1.165, 1.54) is 24.8 Å². The van der Waals surface area contributed by atoms with Gasteiger partial charge in [0.05, 0.1) is 12.5 Å². The Kier molecular flexibility index (Phi) is 1.50. The minimum absolute atomic E-state index is 0.271. The Balaban J connectivity index is 2.25. The molecule has 0 aliphatic heterocycles. The van der Waals surface area contributed by atoms with Gasteiger partial charge in [-0.15, -0.1) is 0 Å². The van der Waals surface area contributed by atoms with Crippen LogP contribution in [0.3, 0.4) is 0 Å². The summed E-state index contributed by atoms with van der Waals surface area (Å²) in [5.41, 5.74) is 7.27. The van der Waals surface area contributed by atoms with Gasteiger partial charge in [0.15, 0.2) is 0 Å². The molecule has 0 aromatic carbocycles. The molecular formula is C9H13NO. The summed E-state index contributed by atoms with van der Waals surface area (Å²) < 4.78 is 5.04. The van der Waals surface area contributed by atoms with Gasteiger partial charge in [-0.3, -0.25) is 0 Å². The second kappa shape index (κ2) is 2.38. The van der Waals surface area contributed by atoms with Gasteiger partial charge in [0.2, 0.25) is 0 Å². The maximum atomic E-state index is 5.72. The topological polar surface area (TPSA) is 39.2 Å². The third-order valence-electron chi connectivity index (χ3n) is 2.83. The predicted octanol–water partition coefficient (Wildman–Crippen LogP) is 1.66. The van der Waals surface area contributed by atoms with Gasteiger partial charge in [0.1, 0.15) is 0 Å². The van der Waals surface area contributed by atoms with Gasteiger partial charge >= 0.3 is 0 Å². The number of rotatable bonds is 2. The predicted molar refractivity (Wildman–Crippen MR) is 43.3 cm³/mol. The van der Waals surface area contributed by atoms with Crippen molar-refractivity contribution in [1.82, 2.24) is 0 Å². The summed E-state index contributed by atoms with van der Waals surface area (Å²) in [6.07, 6.45) is 7.31. The maximum absolute atomic E-state index is 5.72. The molecule has 0 atom stereocenters. The standard InChI is InChI=1S/C9H13NO/c10-7-9(3-1-4-9)8-2-5-11-6-8/h2,5-6H,1,3-4,7,10H2. The molecule has 2 N–H and O–H groups in total. The molecule has 1 heterocycles. The molecule has 0 bridgehead atoms. The number of furan rings is 1. The molecular weight excluding hydrogens is 138 g/mol. The molecule has 60 valence electrons. The minimum atomic E-state index is 0.271. The van der Waals surface area contributed by atoms with E-state index in [9.17, 15) is 0 Å². The summed E-state index contributed by atoms with van der Waals surface area (Å²) in [6, 6.07) is 2.03. The van der Waals surface area contributed by atoms with Gasteiger partial charge in [-0.1, -0.05) is 6.42 Å². The Morgan fingerprint density at radius 1 is 1.55 bits per heavy atom. The average molecular weight is 151 g/mol. The van der Waals surface area contributed by atoms with Crippen LogP contribution in [-0.4, -0.2) is 6.54 Å². The fraction of sp³-hybridized carbons (Fsp3) is 0.556. The van der Waals surface area contributed by atoms with E-state index in [4.69, 9.17) is 10.2 Å². The fourth-order valence-electron chi connectivity index (χ4n) is 1.78. The van der Waals surface area contributed by atoms with Crippen LogP contribution in [0.2, 0.25) is 0 Å². The Bertz CT molecular complexity index is 218. The lowest BCUT2D eigenvalue weighted by atomic mass is 9.65. The molecule has 11 heavy (non-hydrogen) atoms. The third-order valence-corrected chi connectivity index (χ3v) is 2.83. The van der Waals surface area contributed by atoms with Gasteiger partial charge in [0, 0.05) is 12.0 Å². The van der Waals surface area contributed by atoms with Gasteiger partial charge in [-0.05, 0) is 24.5 Å². The van der Waals surface area contributed by atoms with Crippen molar-refractivity contribution in [3.05, 3.63) is 24.2 Å². The highest BCUT2D eigenvalue weighted by atomic mass is 16.3. The molecule has 2 heteroatoms. The molecule has 1 aromatic heterocycles. The largest absolute Gasteiger partial charge is 0.472 e. The highest BCUT2D eigenvalue weighted by molar-refractivity contribution is 5.24. The molecule has 0 spiro atoms. The fourth-order valence-corrected chi connectivity index (χ4v) is 1.78. The van der Waals surface area contributed by atoms with Crippen molar-refractivity contribution in [2.75, 3.05) is 6.54 Å². The minimum Gasteiger partial charge on any atom is -0.472 e. The van der Waals surface area contributed by atoms with Gasteiger partial charge in [-0.25, -0.2) is 0 Å². The zero-order valence-electron chi connectivity index (χ0n) is 6.55. The third kappa shape index (κ3) is 0.897. The van der Waals surface area contributed by atoms with Crippen LogP contribution in [0.5, 0.6) is 0 Å². The highest BCUT2D eigenvalue weighted by Crippen LogP contribution is 2.42.